The van der Waals surface area contributed by atoms with Crippen LogP contribution < -0.4 is 10.6 Å². The second kappa shape index (κ2) is 8.36. The van der Waals surface area contributed by atoms with Gasteiger partial charge in [0.25, 0.3) is 0 Å². The minimum absolute atomic E-state index is 0.754. The lowest BCUT2D eigenvalue weighted by molar-refractivity contribution is 0.798. The Morgan fingerprint density at radius 1 is 1.23 bits per heavy atom. The van der Waals surface area contributed by atoms with Crippen molar-refractivity contribution in [3.05, 3.63) is 51.1 Å². The number of benzene rings is 1. The average Bonchev–Trinajstić information content (AvgIpc) is 3.20. The first-order valence-corrected chi connectivity index (χ1v) is 9.89. The van der Waals surface area contributed by atoms with Crippen LogP contribution in [-0.2, 0) is 19.4 Å². The van der Waals surface area contributed by atoms with Crippen molar-refractivity contribution in [1.29, 1.82) is 0 Å². The van der Waals surface area contributed by atoms with E-state index >= 15 is 0 Å². The van der Waals surface area contributed by atoms with Crippen molar-refractivity contribution < 1.29 is 0 Å². The number of aromatic nitrogens is 2. The molecule has 0 bridgehead atoms. The maximum absolute atomic E-state index is 4.47. The molecule has 0 saturated carbocycles. The van der Waals surface area contributed by atoms with Crippen LogP contribution in [0.4, 0.5) is 0 Å². The molecule has 1 aromatic carbocycles. The van der Waals surface area contributed by atoms with Crippen LogP contribution in [-0.4, -0.2) is 29.5 Å². The molecule has 0 amide bonds. The van der Waals surface area contributed by atoms with Gasteiger partial charge in [0.15, 0.2) is 5.96 Å². The number of guanidine groups is 1. The molecule has 0 saturated heterocycles. The van der Waals surface area contributed by atoms with Gasteiger partial charge in [0, 0.05) is 35.6 Å². The van der Waals surface area contributed by atoms with Crippen molar-refractivity contribution in [2.75, 3.05) is 13.6 Å². The van der Waals surface area contributed by atoms with E-state index in [1.54, 1.807) is 18.4 Å². The number of hydrogen-bond acceptors (Lipinski definition) is 3. The van der Waals surface area contributed by atoms with Gasteiger partial charge in [0.1, 0.15) is 0 Å². The smallest absolute Gasteiger partial charge is 0.191 e. The molecule has 0 fully saturated rings. The van der Waals surface area contributed by atoms with Gasteiger partial charge >= 0.3 is 0 Å². The van der Waals surface area contributed by atoms with E-state index in [-0.39, 0.29) is 0 Å². The molecule has 0 spiro atoms. The number of fused-ring (bicyclic) bond motifs is 1. The Kier molecular flexibility index (Phi) is 5.93. The van der Waals surface area contributed by atoms with Gasteiger partial charge in [-0.15, -0.1) is 11.3 Å². The fraction of sp³-hybridized carbons (Fsp3) is 0.400. The zero-order valence-electron chi connectivity index (χ0n) is 15.9. The Labute approximate surface area is 159 Å². The molecule has 3 rings (SSSR count). The lowest BCUT2D eigenvalue weighted by atomic mass is 10.1. The molecule has 2 heterocycles. The molecule has 0 aliphatic carbocycles. The van der Waals surface area contributed by atoms with Gasteiger partial charge in [-0.3, -0.25) is 4.99 Å². The summed E-state index contributed by atoms with van der Waals surface area (Å²) in [4.78, 5) is 13.5. The summed E-state index contributed by atoms with van der Waals surface area (Å²) in [7, 11) is 1.80. The third kappa shape index (κ3) is 4.07. The van der Waals surface area contributed by atoms with E-state index in [1.807, 2.05) is 6.92 Å². The van der Waals surface area contributed by atoms with E-state index in [4.69, 9.17) is 0 Å². The predicted molar refractivity (Wildman–Crippen MR) is 111 cm³/mol. The average molecular weight is 370 g/mol. The fourth-order valence-electron chi connectivity index (χ4n) is 3.21. The molecule has 0 radical (unpaired) electrons. The largest absolute Gasteiger partial charge is 0.361 e. The number of rotatable bonds is 6. The SMILES string of the molecule is CCc1cccc2c(CCNC(=NC)NCc3sc(C)nc3C)c[nH]c12. The predicted octanol–water partition coefficient (Wildman–Crippen LogP) is 3.71. The molecule has 0 aliphatic rings. The Hall–Kier alpha value is -2.34. The summed E-state index contributed by atoms with van der Waals surface area (Å²) in [5.74, 6) is 0.824. The number of H-pyrrole nitrogens is 1. The summed E-state index contributed by atoms with van der Waals surface area (Å²) in [6.45, 7) is 7.88. The third-order valence-electron chi connectivity index (χ3n) is 4.59. The van der Waals surface area contributed by atoms with E-state index in [2.05, 4.69) is 63.8 Å². The van der Waals surface area contributed by atoms with Gasteiger partial charge in [0.05, 0.1) is 17.2 Å². The van der Waals surface area contributed by atoms with Crippen LogP contribution in [0.1, 0.15) is 33.6 Å². The summed E-state index contributed by atoms with van der Waals surface area (Å²) < 4.78 is 0. The number of thiazole rings is 1. The van der Waals surface area contributed by atoms with Gasteiger partial charge in [-0.2, -0.15) is 0 Å². The molecule has 0 atom stereocenters. The van der Waals surface area contributed by atoms with Crippen molar-refractivity contribution in [1.82, 2.24) is 20.6 Å². The topological polar surface area (TPSA) is 65.1 Å². The Bertz CT molecular complexity index is 906. The van der Waals surface area contributed by atoms with Crippen LogP contribution in [0.3, 0.4) is 0 Å². The highest BCUT2D eigenvalue weighted by Gasteiger charge is 2.08. The quantitative estimate of drug-likeness (QED) is 0.458. The third-order valence-corrected chi connectivity index (χ3v) is 5.67. The lowest BCUT2D eigenvalue weighted by Gasteiger charge is -2.11. The molecule has 2 aromatic heterocycles. The first-order valence-electron chi connectivity index (χ1n) is 9.07. The molecule has 5 nitrogen and oxygen atoms in total. The number of aryl methyl sites for hydroxylation is 3. The molecular formula is C20H27N5S. The maximum Gasteiger partial charge on any atom is 0.191 e. The van der Waals surface area contributed by atoms with Crippen molar-refractivity contribution in [3.63, 3.8) is 0 Å². The summed E-state index contributed by atoms with van der Waals surface area (Å²) >= 11 is 1.73. The number of nitrogens with zero attached hydrogens (tertiary/aromatic N) is 2. The maximum atomic E-state index is 4.47. The van der Waals surface area contributed by atoms with E-state index < -0.39 is 0 Å². The van der Waals surface area contributed by atoms with Crippen molar-refractivity contribution in [3.8, 4) is 0 Å². The standard InChI is InChI=1S/C20H27N5S/c1-5-15-7-6-8-17-16(11-23-19(15)17)9-10-22-20(21-4)24-12-18-13(2)25-14(3)26-18/h6-8,11,23H,5,9-10,12H2,1-4H3,(H2,21,22,24). The molecule has 6 heteroatoms. The zero-order chi connectivity index (χ0) is 18.5. The van der Waals surface area contributed by atoms with Gasteiger partial charge in [-0.05, 0) is 37.8 Å². The molecule has 3 aromatic rings. The van der Waals surface area contributed by atoms with Crippen LogP contribution in [0.2, 0.25) is 0 Å². The van der Waals surface area contributed by atoms with Gasteiger partial charge in [0.2, 0.25) is 0 Å². The van der Waals surface area contributed by atoms with Crippen molar-refractivity contribution in [2.24, 2.45) is 4.99 Å². The summed E-state index contributed by atoms with van der Waals surface area (Å²) in [6.07, 6.45) is 4.13. The highest BCUT2D eigenvalue weighted by molar-refractivity contribution is 7.11. The fourth-order valence-corrected chi connectivity index (χ4v) is 4.09. The van der Waals surface area contributed by atoms with Crippen molar-refractivity contribution >= 4 is 28.2 Å². The summed E-state index contributed by atoms with van der Waals surface area (Å²) in [5.41, 5.74) is 5.08. The first-order chi connectivity index (χ1) is 12.6. The molecule has 0 aliphatic heterocycles. The number of nitrogens with one attached hydrogen (secondary N) is 3. The molecular weight excluding hydrogens is 342 g/mol. The van der Waals surface area contributed by atoms with Crippen LogP contribution in [0.15, 0.2) is 29.4 Å². The van der Waals surface area contributed by atoms with Crippen LogP contribution >= 0.6 is 11.3 Å². The van der Waals surface area contributed by atoms with Gasteiger partial charge < -0.3 is 15.6 Å². The normalized spacial score (nSPS) is 11.9. The Balaban J connectivity index is 1.56. The molecule has 138 valence electrons. The van der Waals surface area contributed by atoms with Crippen LogP contribution in [0, 0.1) is 13.8 Å². The highest BCUT2D eigenvalue weighted by Crippen LogP contribution is 2.22. The summed E-state index contributed by atoms with van der Waals surface area (Å²) in [6, 6.07) is 6.53. The number of aliphatic imine (C=N–C) groups is 1. The number of aromatic amines is 1. The summed E-state index contributed by atoms with van der Waals surface area (Å²) in [5, 5.41) is 9.21. The van der Waals surface area contributed by atoms with Crippen molar-refractivity contribution in [2.45, 2.75) is 40.2 Å². The monoisotopic (exact) mass is 369 g/mol. The molecule has 0 unspecified atom stereocenters. The van der Waals surface area contributed by atoms with E-state index in [0.717, 1.165) is 42.6 Å². The minimum Gasteiger partial charge on any atom is -0.361 e. The second-order valence-corrected chi connectivity index (χ2v) is 7.64. The first kappa shape index (κ1) is 18.5. The highest BCUT2D eigenvalue weighted by atomic mass is 32.1. The second-order valence-electron chi connectivity index (χ2n) is 6.35. The number of hydrogen-bond donors (Lipinski definition) is 3. The van der Waals surface area contributed by atoms with Crippen LogP contribution in [0.5, 0.6) is 0 Å². The number of para-hydroxylation sites is 1. The minimum atomic E-state index is 0.754. The zero-order valence-corrected chi connectivity index (χ0v) is 16.8. The van der Waals surface area contributed by atoms with E-state index in [0.29, 0.717) is 0 Å². The van der Waals surface area contributed by atoms with Gasteiger partial charge in [-0.25, -0.2) is 4.98 Å². The molecule has 3 N–H and O–H groups in total. The Morgan fingerprint density at radius 2 is 2.08 bits per heavy atom. The lowest BCUT2D eigenvalue weighted by Crippen LogP contribution is -2.37. The molecule has 26 heavy (non-hydrogen) atoms. The van der Waals surface area contributed by atoms with Crippen LogP contribution in [0.25, 0.3) is 10.9 Å². The van der Waals surface area contributed by atoms with E-state index in [1.165, 1.54) is 26.9 Å². The van der Waals surface area contributed by atoms with E-state index in [9.17, 15) is 0 Å². The Morgan fingerprint density at radius 3 is 2.77 bits per heavy atom. The van der Waals surface area contributed by atoms with Gasteiger partial charge in [-0.1, -0.05) is 25.1 Å².